The Hall–Kier alpha value is 0.761. The molecule has 0 atom stereocenters. The van der Waals surface area contributed by atoms with E-state index in [9.17, 15) is 17.7 Å². The molecule has 0 aromatic carbocycles. The summed E-state index contributed by atoms with van der Waals surface area (Å²) >= 11 is 0.916. The number of ether oxygens (including phenoxy) is 1. The number of hydrogen-bond donors (Lipinski definition) is 1. The Morgan fingerprint density at radius 3 is 2.06 bits per heavy atom. The first-order valence-electron chi connectivity index (χ1n) is 5.52. The van der Waals surface area contributed by atoms with Gasteiger partial charge in [-0.15, -0.1) is 0 Å². The van der Waals surface area contributed by atoms with Gasteiger partial charge >= 0.3 is 123 Å². The van der Waals surface area contributed by atoms with E-state index in [1.54, 1.807) is 0 Å². The van der Waals surface area contributed by atoms with Crippen LogP contribution in [0.2, 0.25) is 0.0125 Å². The molecule has 3 nitrogen and oxygen atoms in total. The fourth-order valence-electron chi connectivity index (χ4n) is 1.49. The van der Waals surface area contributed by atoms with Crippen molar-refractivity contribution in [1.29, 1.82) is 0 Å². The Balaban J connectivity index is 0.000000557. The first-order valence-corrected chi connectivity index (χ1v) is 7.32. The fraction of sp³-hybridized carbons (Fsp3) is 0.889. The summed E-state index contributed by atoms with van der Waals surface area (Å²) in [7, 11) is -3.67. The molecule has 1 aliphatic rings. The second-order valence-electron chi connectivity index (χ2n) is 5.17. The topological polar surface area (TPSA) is 38.3 Å². The summed E-state index contributed by atoms with van der Waals surface area (Å²) in [5, 5.41) is 2.87. The van der Waals surface area contributed by atoms with Crippen LogP contribution in [-0.2, 0) is 4.74 Å². The van der Waals surface area contributed by atoms with Crippen LogP contribution >= 0.6 is 0 Å². The molecule has 0 spiro atoms. The zero-order chi connectivity index (χ0) is 13.6. The van der Waals surface area contributed by atoms with E-state index in [-0.39, 0.29) is 11.7 Å². The van der Waals surface area contributed by atoms with Gasteiger partial charge in [0, 0.05) is 0 Å². The number of rotatable bonds is 1. The molecule has 17 heavy (non-hydrogen) atoms. The summed E-state index contributed by atoms with van der Waals surface area (Å²) in [6, 6.07) is 0.385. The molecule has 0 bridgehead atoms. The predicted octanol–water partition coefficient (Wildman–Crippen LogP) is 2.51. The quantitative estimate of drug-likeness (QED) is 0.748. The maximum Gasteiger partial charge on any atom is 0.762 e. The van der Waals surface area contributed by atoms with E-state index >= 15 is 0 Å². The van der Waals surface area contributed by atoms with Crippen molar-refractivity contribution in [3.8, 4) is 0 Å². The van der Waals surface area contributed by atoms with Crippen LogP contribution in [0.4, 0.5) is 17.7 Å². The van der Waals surface area contributed by atoms with Crippen LogP contribution < -0.4 is 5.32 Å². The molecule has 0 aromatic rings. The van der Waals surface area contributed by atoms with Crippen molar-refractivity contribution in [2.45, 2.75) is 45.3 Å². The zero-order valence-corrected chi connectivity index (χ0v) is 13.7. The van der Waals surface area contributed by atoms with Crippen molar-refractivity contribution in [3.63, 3.8) is 0 Å². The predicted molar refractivity (Wildman–Crippen MR) is 61.0 cm³/mol. The van der Waals surface area contributed by atoms with Crippen molar-refractivity contribution in [2.75, 3.05) is 0 Å². The third kappa shape index (κ3) is 11.6. The minimum absolute atomic E-state index is 0.267. The second-order valence-corrected chi connectivity index (χ2v) is 7.72. The Labute approximate surface area is 134 Å². The molecule has 8 heteroatoms. The Morgan fingerprint density at radius 2 is 1.76 bits per heavy atom. The van der Waals surface area contributed by atoms with Crippen LogP contribution in [0.1, 0.15) is 33.6 Å². The molecule has 0 aliphatic heterocycles. The van der Waals surface area contributed by atoms with E-state index in [2.05, 4.69) is 5.32 Å². The molecule has 1 fully saturated rings. The normalized spacial score (nSPS) is 22.8. The van der Waals surface area contributed by atoms with Crippen LogP contribution in [0.25, 0.3) is 0 Å². The summed E-state index contributed by atoms with van der Waals surface area (Å²) in [5.41, 5.74) is -0.378. The number of carbonyl (C=O) groups is 1. The van der Waals surface area contributed by atoms with Crippen LogP contribution in [0.15, 0.2) is 0 Å². The largest absolute Gasteiger partial charge is 0.762 e. The van der Waals surface area contributed by atoms with Gasteiger partial charge < -0.3 is 0 Å². The molecule has 94 valence electrons. The Morgan fingerprint density at radius 1 is 1.35 bits per heavy atom. The van der Waals surface area contributed by atoms with Crippen LogP contribution in [0.3, 0.4) is 0 Å². The molecule has 0 radical (unpaired) electrons. The molecule has 1 aliphatic carbocycles. The van der Waals surface area contributed by atoms with Crippen molar-refractivity contribution < 1.29 is 22.5 Å². The smallest absolute Gasteiger partial charge is 0.254 e. The minimum atomic E-state index is -3.67. The number of alkyl carbamates (subject to hydrolysis) is 1. The van der Waals surface area contributed by atoms with E-state index in [1.165, 1.54) is 12.8 Å². The molecule has 1 N–H and O–H groups in total. The van der Waals surface area contributed by atoms with E-state index in [4.69, 9.17) is 4.74 Å². The second kappa shape index (κ2) is 8.04. The van der Waals surface area contributed by atoms with Crippen LogP contribution in [0.5, 0.6) is 0 Å². The van der Waals surface area contributed by atoms with Gasteiger partial charge in [-0.2, -0.15) is 0 Å². The van der Waals surface area contributed by atoms with Gasteiger partial charge in [0.25, 0.3) is 0 Å². The van der Waals surface area contributed by atoms with Crippen molar-refractivity contribution in [2.24, 2.45) is 0 Å². The number of carbonyl (C=O) groups excluding carboxylic acids is 1. The van der Waals surface area contributed by atoms with E-state index in [0.29, 0.717) is 6.04 Å². The monoisotopic (exact) mass is 277 g/mol. The molecule has 0 heterocycles. The summed E-state index contributed by atoms with van der Waals surface area (Å²) in [5.74, 6) is 0. The first kappa shape index (κ1) is 17.8. The van der Waals surface area contributed by atoms with Gasteiger partial charge in [-0.1, -0.05) is 0 Å². The van der Waals surface area contributed by atoms with Gasteiger partial charge in [-0.3, -0.25) is 12.9 Å². The Kier molecular flexibility index (Phi) is 8.40. The molecule has 0 saturated heterocycles. The SMILES string of the molecule is CC(C)(C)OC(=O)NC1C[CH]([K])C1.FB(F)F. The maximum atomic E-state index is 11.3. The molecule has 0 unspecified atom stereocenters. The van der Waals surface area contributed by atoms with E-state index < -0.39 is 7.54 Å². The molecular weight excluding hydrogens is 261 g/mol. The van der Waals surface area contributed by atoms with Gasteiger partial charge in [0.1, 0.15) is 0 Å². The first-order chi connectivity index (χ1) is 7.60. The number of hydrogen-bond acceptors (Lipinski definition) is 2. The Bertz CT molecular complexity index is 242. The van der Waals surface area contributed by atoms with E-state index in [0.717, 1.165) is 49.0 Å². The molecule has 1 rings (SSSR count). The van der Waals surface area contributed by atoms with Gasteiger partial charge in [0.2, 0.25) is 0 Å². The summed E-state index contributed by atoms with van der Waals surface area (Å²) in [6.45, 7) is 5.64. The fourth-order valence-corrected chi connectivity index (χ4v) is 3.27. The van der Waals surface area contributed by atoms with Crippen molar-refractivity contribution in [3.05, 3.63) is 0 Å². The van der Waals surface area contributed by atoms with Gasteiger partial charge in [0.15, 0.2) is 0 Å². The average Bonchev–Trinajstić information content (AvgIpc) is 1.95. The van der Waals surface area contributed by atoms with Gasteiger partial charge in [-0.05, 0) is 0 Å². The third-order valence-electron chi connectivity index (χ3n) is 2.09. The van der Waals surface area contributed by atoms with E-state index in [1.807, 2.05) is 20.8 Å². The third-order valence-corrected chi connectivity index (χ3v) is 3.57. The molecule has 0 aromatic heterocycles. The molecule has 1 saturated carbocycles. The maximum absolute atomic E-state index is 11.3. The van der Waals surface area contributed by atoms with Gasteiger partial charge in [-0.25, -0.2) is 0 Å². The van der Waals surface area contributed by atoms with Crippen molar-refractivity contribution >= 4 is 62.6 Å². The molecular formula is C9H16BF3KNO2. The summed E-state index contributed by atoms with van der Waals surface area (Å²) in [6.07, 6.45) is 2.07. The zero-order valence-electron chi connectivity index (χ0n) is 10.6. The molecule has 1 amide bonds. The van der Waals surface area contributed by atoms with Crippen LogP contribution in [0, 0.1) is 0 Å². The number of nitrogens with one attached hydrogen (secondary N) is 1. The van der Waals surface area contributed by atoms with Crippen LogP contribution in [-0.4, -0.2) is 74.2 Å². The summed E-state index contributed by atoms with van der Waals surface area (Å²) in [4.78, 5) is 11.3. The number of halogens is 3. The van der Waals surface area contributed by atoms with Gasteiger partial charge in [0.05, 0.1) is 0 Å². The summed E-state index contributed by atoms with van der Waals surface area (Å²) < 4.78 is 35.1. The number of amides is 1. The minimum Gasteiger partial charge on any atom is -0.254 e. The standard InChI is InChI=1S/C9H16NO2.BF3.K/c1-9(2,3)12-8(11)10-7-5-4-6-7;2-1(3)4;/h4,7H,5-6H2,1-3H3,(H,10,11);;. The average molecular weight is 277 g/mol. The van der Waals surface area contributed by atoms with Crippen molar-refractivity contribution in [1.82, 2.24) is 5.32 Å².